The molecule has 1 saturated heterocycles. The summed E-state index contributed by atoms with van der Waals surface area (Å²) in [5, 5.41) is 0. The quantitative estimate of drug-likeness (QED) is 0.736. The fourth-order valence-corrected chi connectivity index (χ4v) is 1.86. The van der Waals surface area contributed by atoms with Gasteiger partial charge in [0.2, 0.25) is 5.91 Å². The lowest BCUT2D eigenvalue weighted by Crippen LogP contribution is -2.30. The molecule has 0 N–H and O–H groups in total. The summed E-state index contributed by atoms with van der Waals surface area (Å²) in [5.74, 6) is -1.84. The van der Waals surface area contributed by atoms with Crippen molar-refractivity contribution in [3.8, 4) is 0 Å². The molecule has 1 aromatic rings. The van der Waals surface area contributed by atoms with Gasteiger partial charge in [0.1, 0.15) is 0 Å². The Balaban J connectivity index is 0.000000686. The van der Waals surface area contributed by atoms with Crippen LogP contribution in [0.2, 0.25) is 0 Å². The molecule has 17 heavy (non-hydrogen) atoms. The number of anilines is 1. The van der Waals surface area contributed by atoms with Crippen LogP contribution in [0, 0.1) is 11.6 Å². The number of benzene rings is 1. The molecule has 1 aliphatic rings. The largest absolute Gasteiger partial charge is 0.310 e. The number of carbonyl (C=O) groups is 1. The second-order valence-electron chi connectivity index (χ2n) is 3.75. The molecule has 1 aliphatic heterocycles. The highest BCUT2D eigenvalue weighted by Gasteiger charge is 2.29. The molecule has 1 atom stereocenters. The Bertz CT molecular complexity index is 406. The van der Waals surface area contributed by atoms with Gasteiger partial charge in [-0.2, -0.15) is 0 Å². The lowest BCUT2D eigenvalue weighted by Gasteiger charge is -2.21. The first kappa shape index (κ1) is 13.6. The summed E-state index contributed by atoms with van der Waals surface area (Å²) < 4.78 is 25.7. The van der Waals surface area contributed by atoms with E-state index in [9.17, 15) is 13.6 Å². The van der Waals surface area contributed by atoms with Crippen LogP contribution in [-0.4, -0.2) is 11.9 Å². The molecular formula is C13H17F2NO. The minimum Gasteiger partial charge on any atom is -0.310 e. The van der Waals surface area contributed by atoms with Crippen LogP contribution in [0.15, 0.2) is 18.2 Å². The number of amides is 1. The maximum Gasteiger partial charge on any atom is 0.227 e. The van der Waals surface area contributed by atoms with E-state index in [-0.39, 0.29) is 11.9 Å². The molecule has 0 spiro atoms. The van der Waals surface area contributed by atoms with Crippen molar-refractivity contribution in [1.82, 2.24) is 0 Å². The zero-order chi connectivity index (χ0) is 13.0. The van der Waals surface area contributed by atoms with E-state index in [2.05, 4.69) is 0 Å². The molecule has 0 aliphatic carbocycles. The van der Waals surface area contributed by atoms with Crippen molar-refractivity contribution in [1.29, 1.82) is 0 Å². The van der Waals surface area contributed by atoms with Crippen molar-refractivity contribution in [2.24, 2.45) is 0 Å². The fourth-order valence-electron chi connectivity index (χ4n) is 1.86. The van der Waals surface area contributed by atoms with Gasteiger partial charge >= 0.3 is 0 Å². The number of hydrogen-bond donors (Lipinski definition) is 0. The summed E-state index contributed by atoms with van der Waals surface area (Å²) in [6.45, 7) is 5.90. The molecular weight excluding hydrogens is 224 g/mol. The molecule has 1 amide bonds. The van der Waals surface area contributed by atoms with Crippen molar-refractivity contribution in [3.63, 3.8) is 0 Å². The summed E-state index contributed by atoms with van der Waals surface area (Å²) in [7, 11) is 0. The van der Waals surface area contributed by atoms with Gasteiger partial charge in [0.05, 0.1) is 0 Å². The van der Waals surface area contributed by atoms with Crippen molar-refractivity contribution < 1.29 is 13.6 Å². The van der Waals surface area contributed by atoms with E-state index < -0.39 is 11.6 Å². The first-order valence-electron chi connectivity index (χ1n) is 5.86. The van der Waals surface area contributed by atoms with Gasteiger partial charge in [-0.15, -0.1) is 0 Å². The molecule has 0 bridgehead atoms. The Kier molecular flexibility index (Phi) is 4.61. The van der Waals surface area contributed by atoms with Crippen LogP contribution in [0.1, 0.15) is 33.6 Å². The molecule has 1 fully saturated rings. The third-order valence-electron chi connectivity index (χ3n) is 2.67. The van der Waals surface area contributed by atoms with Crippen LogP contribution < -0.4 is 4.90 Å². The Hall–Kier alpha value is -1.45. The summed E-state index contributed by atoms with van der Waals surface area (Å²) in [5.41, 5.74) is 0.434. The predicted molar refractivity (Wildman–Crippen MR) is 63.9 cm³/mol. The summed E-state index contributed by atoms with van der Waals surface area (Å²) in [6, 6.07) is 3.60. The van der Waals surface area contributed by atoms with Crippen molar-refractivity contribution in [3.05, 3.63) is 29.8 Å². The van der Waals surface area contributed by atoms with Crippen LogP contribution in [-0.2, 0) is 4.79 Å². The minimum absolute atomic E-state index is 0.0338. The Morgan fingerprint density at radius 1 is 1.24 bits per heavy atom. The minimum atomic E-state index is -0.917. The first-order valence-corrected chi connectivity index (χ1v) is 5.86. The zero-order valence-electron chi connectivity index (χ0n) is 10.3. The molecule has 1 heterocycles. The fraction of sp³-hybridized carbons (Fsp3) is 0.462. The number of rotatable bonds is 1. The molecule has 0 radical (unpaired) electrons. The first-order chi connectivity index (χ1) is 8.09. The molecule has 2 nitrogen and oxygen atoms in total. The third kappa shape index (κ3) is 2.81. The second kappa shape index (κ2) is 5.75. The highest BCUT2D eigenvalue weighted by molar-refractivity contribution is 5.96. The van der Waals surface area contributed by atoms with Crippen LogP contribution in [0.25, 0.3) is 0 Å². The Morgan fingerprint density at radius 2 is 1.88 bits per heavy atom. The van der Waals surface area contributed by atoms with E-state index in [1.165, 1.54) is 11.0 Å². The van der Waals surface area contributed by atoms with Crippen molar-refractivity contribution >= 4 is 11.6 Å². The zero-order valence-corrected chi connectivity index (χ0v) is 10.3. The molecule has 4 heteroatoms. The highest BCUT2D eigenvalue weighted by Crippen LogP contribution is 2.27. The topological polar surface area (TPSA) is 20.3 Å². The number of carbonyl (C=O) groups excluding carboxylic acids is 1. The van der Waals surface area contributed by atoms with Crippen LogP contribution in [0.4, 0.5) is 14.5 Å². The molecule has 0 aromatic heterocycles. The normalized spacial score (nSPS) is 19.0. The SMILES string of the molecule is CC.CC1CCC(=O)N1c1ccc(F)c(F)c1. The van der Waals surface area contributed by atoms with E-state index >= 15 is 0 Å². The monoisotopic (exact) mass is 241 g/mol. The third-order valence-corrected chi connectivity index (χ3v) is 2.67. The smallest absolute Gasteiger partial charge is 0.227 e. The molecule has 2 rings (SSSR count). The van der Waals surface area contributed by atoms with E-state index in [4.69, 9.17) is 0 Å². The molecule has 1 aromatic carbocycles. The Morgan fingerprint density at radius 3 is 2.35 bits per heavy atom. The summed E-state index contributed by atoms with van der Waals surface area (Å²) in [6.07, 6.45) is 1.23. The standard InChI is InChI=1S/C11H11F2NO.C2H6/c1-7-2-5-11(15)14(7)8-3-4-9(12)10(13)6-8;1-2/h3-4,6-7H,2,5H2,1H3;1-2H3. The van der Waals surface area contributed by atoms with Crippen molar-refractivity contribution in [2.75, 3.05) is 4.90 Å². The van der Waals surface area contributed by atoms with Crippen LogP contribution in [0.5, 0.6) is 0 Å². The van der Waals surface area contributed by atoms with E-state index in [1.54, 1.807) is 0 Å². The lowest BCUT2D eigenvalue weighted by molar-refractivity contribution is -0.117. The number of halogens is 2. The van der Waals surface area contributed by atoms with Gasteiger partial charge in [-0.1, -0.05) is 13.8 Å². The van der Waals surface area contributed by atoms with Crippen LogP contribution >= 0.6 is 0 Å². The second-order valence-corrected chi connectivity index (χ2v) is 3.75. The molecule has 1 unspecified atom stereocenters. The van der Waals surface area contributed by atoms with Gasteiger partial charge in [-0.05, 0) is 25.5 Å². The van der Waals surface area contributed by atoms with Crippen molar-refractivity contribution in [2.45, 2.75) is 39.7 Å². The van der Waals surface area contributed by atoms with E-state index in [0.717, 1.165) is 18.6 Å². The summed E-state index contributed by atoms with van der Waals surface area (Å²) >= 11 is 0. The number of nitrogens with zero attached hydrogens (tertiary/aromatic N) is 1. The van der Waals surface area contributed by atoms with Gasteiger partial charge in [0.15, 0.2) is 11.6 Å². The van der Waals surface area contributed by atoms with Gasteiger partial charge in [0, 0.05) is 24.2 Å². The van der Waals surface area contributed by atoms with Gasteiger partial charge < -0.3 is 4.90 Å². The van der Waals surface area contributed by atoms with E-state index in [1.807, 2.05) is 20.8 Å². The number of hydrogen-bond acceptors (Lipinski definition) is 1. The molecule has 94 valence electrons. The maximum atomic E-state index is 13.0. The highest BCUT2D eigenvalue weighted by atomic mass is 19.2. The maximum absolute atomic E-state index is 13.0. The summed E-state index contributed by atoms with van der Waals surface area (Å²) in [4.78, 5) is 13.0. The van der Waals surface area contributed by atoms with Gasteiger partial charge in [0.25, 0.3) is 0 Å². The predicted octanol–water partition coefficient (Wildman–Crippen LogP) is 3.51. The van der Waals surface area contributed by atoms with E-state index in [0.29, 0.717) is 12.1 Å². The van der Waals surface area contributed by atoms with Gasteiger partial charge in [-0.3, -0.25) is 4.79 Å². The Labute approximate surface area is 100 Å². The van der Waals surface area contributed by atoms with Gasteiger partial charge in [-0.25, -0.2) is 8.78 Å². The molecule has 0 saturated carbocycles. The lowest BCUT2D eigenvalue weighted by atomic mass is 10.2. The average molecular weight is 241 g/mol. The average Bonchev–Trinajstić information content (AvgIpc) is 2.66. The van der Waals surface area contributed by atoms with Crippen LogP contribution in [0.3, 0.4) is 0 Å².